The van der Waals surface area contributed by atoms with Crippen LogP contribution in [-0.2, 0) is 6.42 Å². The van der Waals surface area contributed by atoms with Crippen molar-refractivity contribution in [2.75, 3.05) is 27.2 Å². The summed E-state index contributed by atoms with van der Waals surface area (Å²) >= 11 is 0. The normalized spacial score (nSPS) is 10.7. The molecule has 2 aromatic carbocycles. The first kappa shape index (κ1) is 16.2. The van der Waals surface area contributed by atoms with Gasteiger partial charge in [-0.1, -0.05) is 43.3 Å². The molecular weight excluding hydrogens is 272 g/mol. The zero-order valence-corrected chi connectivity index (χ0v) is 13.6. The zero-order chi connectivity index (χ0) is 15.9. The van der Waals surface area contributed by atoms with Crippen LogP contribution in [0.2, 0.25) is 0 Å². The summed E-state index contributed by atoms with van der Waals surface area (Å²) in [6.45, 7) is 3.64. The predicted molar refractivity (Wildman–Crippen MR) is 92.1 cm³/mol. The van der Waals surface area contributed by atoms with Gasteiger partial charge in [0.25, 0.3) is 5.91 Å². The lowest BCUT2D eigenvalue weighted by atomic mass is 9.97. The Hall–Kier alpha value is -2.13. The van der Waals surface area contributed by atoms with Gasteiger partial charge in [-0.25, -0.2) is 0 Å². The molecule has 116 valence electrons. The number of nitrogens with one attached hydrogen (secondary N) is 1. The number of carbonyl (C=O) groups excluding carboxylic acids is 1. The van der Waals surface area contributed by atoms with Crippen molar-refractivity contribution in [1.29, 1.82) is 0 Å². The van der Waals surface area contributed by atoms with Crippen LogP contribution in [0.15, 0.2) is 48.5 Å². The van der Waals surface area contributed by atoms with Crippen molar-refractivity contribution in [2.24, 2.45) is 0 Å². The van der Waals surface area contributed by atoms with Gasteiger partial charge >= 0.3 is 0 Å². The summed E-state index contributed by atoms with van der Waals surface area (Å²) in [5, 5.41) is 2.96. The third-order valence-electron chi connectivity index (χ3n) is 3.68. The van der Waals surface area contributed by atoms with Gasteiger partial charge < -0.3 is 10.2 Å². The van der Waals surface area contributed by atoms with Crippen molar-refractivity contribution in [3.05, 3.63) is 59.7 Å². The maximum atomic E-state index is 12.2. The Morgan fingerprint density at radius 2 is 1.86 bits per heavy atom. The highest BCUT2D eigenvalue weighted by Gasteiger charge is 2.08. The average Bonchev–Trinajstić information content (AvgIpc) is 2.54. The third kappa shape index (κ3) is 4.18. The smallest absolute Gasteiger partial charge is 0.251 e. The van der Waals surface area contributed by atoms with E-state index >= 15 is 0 Å². The fourth-order valence-electron chi connectivity index (χ4n) is 2.43. The van der Waals surface area contributed by atoms with E-state index in [1.165, 1.54) is 11.1 Å². The Bertz CT molecular complexity index is 635. The van der Waals surface area contributed by atoms with Crippen molar-refractivity contribution in [2.45, 2.75) is 13.3 Å². The van der Waals surface area contributed by atoms with Gasteiger partial charge in [-0.2, -0.15) is 0 Å². The largest absolute Gasteiger partial charge is 0.351 e. The molecule has 0 fully saturated rings. The molecule has 0 unspecified atom stereocenters. The fourth-order valence-corrected chi connectivity index (χ4v) is 2.43. The SMILES string of the molecule is CCc1ccccc1-c1cccc(C(=O)NCCN(C)C)c1. The van der Waals surface area contributed by atoms with Crippen molar-refractivity contribution in [3.63, 3.8) is 0 Å². The number of benzene rings is 2. The van der Waals surface area contributed by atoms with E-state index in [4.69, 9.17) is 0 Å². The van der Waals surface area contributed by atoms with Gasteiger partial charge in [-0.3, -0.25) is 4.79 Å². The molecule has 1 amide bonds. The van der Waals surface area contributed by atoms with E-state index in [0.29, 0.717) is 12.1 Å². The number of hydrogen-bond donors (Lipinski definition) is 1. The van der Waals surface area contributed by atoms with E-state index in [0.717, 1.165) is 18.5 Å². The molecule has 0 aliphatic carbocycles. The first-order valence-electron chi connectivity index (χ1n) is 7.73. The van der Waals surface area contributed by atoms with E-state index < -0.39 is 0 Å². The monoisotopic (exact) mass is 296 g/mol. The highest BCUT2D eigenvalue weighted by atomic mass is 16.1. The Labute approximate surface area is 133 Å². The van der Waals surface area contributed by atoms with E-state index in [2.05, 4.69) is 36.5 Å². The van der Waals surface area contributed by atoms with E-state index in [1.54, 1.807) is 0 Å². The molecule has 22 heavy (non-hydrogen) atoms. The quantitative estimate of drug-likeness (QED) is 0.888. The summed E-state index contributed by atoms with van der Waals surface area (Å²) in [6, 6.07) is 16.2. The second kappa shape index (κ2) is 7.76. The molecule has 0 atom stereocenters. The molecule has 0 spiro atoms. The van der Waals surface area contributed by atoms with E-state index in [9.17, 15) is 4.79 Å². The summed E-state index contributed by atoms with van der Waals surface area (Å²) in [6.07, 6.45) is 0.982. The summed E-state index contributed by atoms with van der Waals surface area (Å²) < 4.78 is 0. The molecule has 3 nitrogen and oxygen atoms in total. The van der Waals surface area contributed by atoms with Crippen LogP contribution in [0.25, 0.3) is 11.1 Å². The lowest BCUT2D eigenvalue weighted by Crippen LogP contribution is -2.31. The Balaban J connectivity index is 2.18. The van der Waals surface area contributed by atoms with Gasteiger partial charge in [0.05, 0.1) is 0 Å². The second-order valence-corrected chi connectivity index (χ2v) is 5.65. The van der Waals surface area contributed by atoms with E-state index in [1.807, 2.05) is 43.3 Å². The zero-order valence-electron chi connectivity index (χ0n) is 13.6. The number of nitrogens with zero attached hydrogens (tertiary/aromatic N) is 1. The maximum Gasteiger partial charge on any atom is 0.251 e. The van der Waals surface area contributed by atoms with Gasteiger partial charge in [-0.15, -0.1) is 0 Å². The lowest BCUT2D eigenvalue weighted by Gasteiger charge is -2.12. The molecule has 2 aromatic rings. The maximum absolute atomic E-state index is 12.2. The minimum atomic E-state index is -0.0160. The summed E-state index contributed by atoms with van der Waals surface area (Å²) in [5.74, 6) is -0.0160. The highest BCUT2D eigenvalue weighted by Crippen LogP contribution is 2.24. The molecule has 0 saturated heterocycles. The molecule has 0 heterocycles. The van der Waals surface area contributed by atoms with Crippen molar-refractivity contribution < 1.29 is 4.79 Å². The van der Waals surface area contributed by atoms with Crippen molar-refractivity contribution in [3.8, 4) is 11.1 Å². The number of carbonyl (C=O) groups is 1. The van der Waals surface area contributed by atoms with Crippen LogP contribution in [0.1, 0.15) is 22.8 Å². The first-order valence-corrected chi connectivity index (χ1v) is 7.73. The van der Waals surface area contributed by atoms with Gasteiger partial charge in [0.1, 0.15) is 0 Å². The first-order chi connectivity index (χ1) is 10.6. The fraction of sp³-hybridized carbons (Fsp3) is 0.316. The summed E-state index contributed by atoms with van der Waals surface area (Å²) in [4.78, 5) is 14.3. The van der Waals surface area contributed by atoms with Crippen molar-refractivity contribution in [1.82, 2.24) is 10.2 Å². The van der Waals surface area contributed by atoms with Crippen molar-refractivity contribution >= 4 is 5.91 Å². The minimum Gasteiger partial charge on any atom is -0.351 e. The molecule has 0 aromatic heterocycles. The summed E-state index contributed by atoms with van der Waals surface area (Å²) in [5.41, 5.74) is 4.31. The number of hydrogen-bond acceptors (Lipinski definition) is 2. The van der Waals surface area contributed by atoms with Crippen LogP contribution in [0, 0.1) is 0 Å². The molecule has 0 bridgehead atoms. The van der Waals surface area contributed by atoms with Crippen LogP contribution in [0.5, 0.6) is 0 Å². The number of aryl methyl sites for hydroxylation is 1. The van der Waals surface area contributed by atoms with Crippen LogP contribution in [0.4, 0.5) is 0 Å². The Morgan fingerprint density at radius 1 is 1.09 bits per heavy atom. The summed E-state index contributed by atoms with van der Waals surface area (Å²) in [7, 11) is 3.99. The topological polar surface area (TPSA) is 32.3 Å². The Morgan fingerprint density at radius 3 is 2.59 bits per heavy atom. The molecule has 0 saturated carbocycles. The molecule has 0 aliphatic rings. The lowest BCUT2D eigenvalue weighted by molar-refractivity contribution is 0.0951. The Kier molecular flexibility index (Phi) is 5.73. The average molecular weight is 296 g/mol. The number of rotatable bonds is 6. The molecule has 0 aliphatic heterocycles. The van der Waals surface area contributed by atoms with E-state index in [-0.39, 0.29) is 5.91 Å². The third-order valence-corrected chi connectivity index (χ3v) is 3.68. The van der Waals surface area contributed by atoms with Crippen LogP contribution in [0.3, 0.4) is 0 Å². The van der Waals surface area contributed by atoms with Crippen LogP contribution >= 0.6 is 0 Å². The standard InChI is InChI=1S/C19H24N2O/c1-4-15-8-5-6-11-18(15)16-9-7-10-17(14-16)19(22)20-12-13-21(2)3/h5-11,14H,4,12-13H2,1-3H3,(H,20,22). The van der Waals surface area contributed by atoms with Gasteiger partial charge in [-0.05, 0) is 49.3 Å². The highest BCUT2D eigenvalue weighted by molar-refractivity contribution is 5.95. The van der Waals surface area contributed by atoms with Gasteiger partial charge in [0.2, 0.25) is 0 Å². The minimum absolute atomic E-state index is 0.0160. The molecule has 1 N–H and O–H groups in total. The molecule has 3 heteroatoms. The van der Waals surface area contributed by atoms with Gasteiger partial charge in [0, 0.05) is 18.7 Å². The predicted octanol–water partition coefficient (Wildman–Crippen LogP) is 3.21. The van der Waals surface area contributed by atoms with Crippen LogP contribution in [-0.4, -0.2) is 38.0 Å². The molecule has 0 radical (unpaired) electrons. The molecular formula is C19H24N2O. The number of likely N-dealkylation sites (N-methyl/N-ethyl adjacent to an activating group) is 1. The van der Waals surface area contributed by atoms with Crippen LogP contribution < -0.4 is 5.32 Å². The number of amides is 1. The molecule has 2 rings (SSSR count). The van der Waals surface area contributed by atoms with Gasteiger partial charge in [0.15, 0.2) is 0 Å². The second-order valence-electron chi connectivity index (χ2n) is 5.65.